The average molecular weight is 302 g/mol. The van der Waals surface area contributed by atoms with Crippen LogP contribution in [0.1, 0.15) is 0 Å². The van der Waals surface area contributed by atoms with Crippen molar-refractivity contribution >= 4 is 45.5 Å². The van der Waals surface area contributed by atoms with Crippen molar-refractivity contribution in [2.45, 2.75) is 4.34 Å². The topological polar surface area (TPSA) is 37.8 Å². The lowest BCUT2D eigenvalue weighted by molar-refractivity contribution is 0.632. The fourth-order valence-electron chi connectivity index (χ4n) is 1.14. The van der Waals surface area contributed by atoms with E-state index in [9.17, 15) is 4.39 Å². The number of hydrogen-bond donors (Lipinski definition) is 1. The van der Waals surface area contributed by atoms with Crippen LogP contribution in [0.15, 0.2) is 40.2 Å². The van der Waals surface area contributed by atoms with Gasteiger partial charge in [-0.3, -0.25) is 0 Å². The Bertz CT molecular complexity index is 559. The monoisotopic (exact) mass is 301 g/mol. The van der Waals surface area contributed by atoms with Crippen molar-refractivity contribution in [2.75, 3.05) is 11.1 Å². The predicted octanol–water partition coefficient (Wildman–Crippen LogP) is 4.27. The number of nitrogens with one attached hydrogen (secondary N) is 1. The molecule has 0 radical (unpaired) electrons. The van der Waals surface area contributed by atoms with Gasteiger partial charge in [-0.05, 0) is 12.1 Å². The molecule has 1 heterocycles. The highest BCUT2D eigenvalue weighted by molar-refractivity contribution is 8.01. The lowest BCUT2D eigenvalue weighted by Gasteiger charge is -2.01. The number of para-hydroxylation sites is 1. The third-order valence-electron chi connectivity index (χ3n) is 1.87. The summed E-state index contributed by atoms with van der Waals surface area (Å²) in [5.74, 6) is 0.256. The average Bonchev–Trinajstić information content (AvgIpc) is 2.77. The van der Waals surface area contributed by atoms with Crippen molar-refractivity contribution in [1.29, 1.82) is 0 Å². The molecular formula is C11H9ClFN3S2. The normalized spacial score (nSPS) is 10.3. The van der Waals surface area contributed by atoms with Crippen LogP contribution in [0.3, 0.4) is 0 Å². The third-order valence-corrected chi connectivity index (χ3v) is 4.22. The molecule has 0 fully saturated rings. The molecule has 2 aromatic rings. The van der Waals surface area contributed by atoms with E-state index in [-0.39, 0.29) is 5.82 Å². The molecule has 0 aliphatic rings. The smallest absolute Gasteiger partial charge is 0.210 e. The van der Waals surface area contributed by atoms with Gasteiger partial charge in [0, 0.05) is 10.8 Å². The molecule has 0 spiro atoms. The molecule has 1 aromatic carbocycles. The molecule has 1 N–H and O–H groups in total. The van der Waals surface area contributed by atoms with Crippen molar-refractivity contribution < 1.29 is 4.39 Å². The molecule has 0 bridgehead atoms. The van der Waals surface area contributed by atoms with E-state index in [2.05, 4.69) is 22.1 Å². The number of anilines is 2. The Kier molecular flexibility index (Phi) is 4.57. The van der Waals surface area contributed by atoms with E-state index in [1.54, 1.807) is 18.2 Å². The summed E-state index contributed by atoms with van der Waals surface area (Å²) in [6, 6.07) is 6.41. The summed E-state index contributed by atoms with van der Waals surface area (Å²) in [6.45, 7) is 3.59. The number of hydrogen-bond acceptors (Lipinski definition) is 5. The molecule has 94 valence electrons. The lowest BCUT2D eigenvalue weighted by atomic mass is 10.3. The van der Waals surface area contributed by atoms with Gasteiger partial charge in [-0.2, -0.15) is 0 Å². The van der Waals surface area contributed by atoms with Gasteiger partial charge >= 0.3 is 0 Å². The maximum atomic E-state index is 13.4. The lowest BCUT2D eigenvalue weighted by Crippen LogP contribution is -1.92. The van der Waals surface area contributed by atoms with Crippen molar-refractivity contribution in [2.24, 2.45) is 0 Å². The fraction of sp³-hybridized carbons (Fsp3) is 0.0909. The largest absolute Gasteiger partial charge is 0.328 e. The van der Waals surface area contributed by atoms with E-state index in [1.165, 1.54) is 29.2 Å². The first-order valence-electron chi connectivity index (χ1n) is 4.96. The van der Waals surface area contributed by atoms with Crippen LogP contribution in [0.4, 0.5) is 15.2 Å². The van der Waals surface area contributed by atoms with Crippen molar-refractivity contribution in [3.05, 3.63) is 41.7 Å². The number of rotatable bonds is 5. The Hall–Kier alpha value is -1.11. The van der Waals surface area contributed by atoms with Gasteiger partial charge in [0.1, 0.15) is 5.82 Å². The molecule has 0 saturated heterocycles. The fourth-order valence-corrected chi connectivity index (χ4v) is 2.82. The van der Waals surface area contributed by atoms with Crippen molar-refractivity contribution in [3.63, 3.8) is 0 Å². The van der Waals surface area contributed by atoms with Gasteiger partial charge < -0.3 is 5.32 Å². The summed E-state index contributed by atoms with van der Waals surface area (Å²) in [5, 5.41) is 11.9. The zero-order chi connectivity index (χ0) is 13.0. The third kappa shape index (κ3) is 3.69. The van der Waals surface area contributed by atoms with E-state index >= 15 is 0 Å². The van der Waals surface area contributed by atoms with Gasteiger partial charge in [0.05, 0.1) is 5.69 Å². The van der Waals surface area contributed by atoms with Gasteiger partial charge in [0.15, 0.2) is 4.34 Å². The molecular weight excluding hydrogens is 293 g/mol. The van der Waals surface area contributed by atoms with Gasteiger partial charge in [0.25, 0.3) is 0 Å². The summed E-state index contributed by atoms with van der Waals surface area (Å²) in [7, 11) is 0. The quantitative estimate of drug-likeness (QED) is 0.837. The van der Waals surface area contributed by atoms with Crippen LogP contribution in [0.25, 0.3) is 0 Å². The SMILES string of the molecule is C=C(Cl)CSc1nnc(Nc2ccccc2F)s1. The first-order valence-corrected chi connectivity index (χ1v) is 7.14. The van der Waals surface area contributed by atoms with Crippen LogP contribution < -0.4 is 5.32 Å². The summed E-state index contributed by atoms with van der Waals surface area (Å²) in [4.78, 5) is 0. The molecule has 7 heteroatoms. The molecule has 2 rings (SSSR count). The Morgan fingerprint density at radius 2 is 2.22 bits per heavy atom. The number of benzene rings is 1. The van der Waals surface area contributed by atoms with E-state index in [0.717, 1.165) is 4.34 Å². The molecule has 18 heavy (non-hydrogen) atoms. The van der Waals surface area contributed by atoms with Gasteiger partial charge in [-0.25, -0.2) is 4.39 Å². The molecule has 0 aliphatic carbocycles. The van der Waals surface area contributed by atoms with Gasteiger partial charge in [-0.1, -0.05) is 53.4 Å². The van der Waals surface area contributed by atoms with Crippen LogP contribution >= 0.6 is 34.7 Å². The molecule has 3 nitrogen and oxygen atoms in total. The van der Waals surface area contributed by atoms with Gasteiger partial charge in [-0.15, -0.1) is 10.2 Å². The second-order valence-corrected chi connectivity index (χ2v) is 6.02. The van der Waals surface area contributed by atoms with E-state index in [0.29, 0.717) is 21.6 Å². The zero-order valence-electron chi connectivity index (χ0n) is 9.19. The zero-order valence-corrected chi connectivity index (χ0v) is 11.6. The number of thioether (sulfide) groups is 1. The molecule has 0 saturated carbocycles. The first-order chi connectivity index (χ1) is 8.65. The maximum absolute atomic E-state index is 13.4. The minimum atomic E-state index is -0.323. The summed E-state index contributed by atoms with van der Waals surface area (Å²) in [5.41, 5.74) is 0.381. The van der Waals surface area contributed by atoms with Crippen LogP contribution in [-0.4, -0.2) is 16.0 Å². The van der Waals surface area contributed by atoms with E-state index in [4.69, 9.17) is 11.6 Å². The molecule has 0 atom stereocenters. The number of nitrogens with zero attached hydrogens (tertiary/aromatic N) is 2. The first kappa shape index (κ1) is 13.3. The van der Waals surface area contributed by atoms with Crippen molar-refractivity contribution in [1.82, 2.24) is 10.2 Å². The highest BCUT2D eigenvalue weighted by Gasteiger charge is 2.07. The summed E-state index contributed by atoms with van der Waals surface area (Å²) < 4.78 is 14.2. The number of halogens is 2. The highest BCUT2D eigenvalue weighted by atomic mass is 35.5. The summed E-state index contributed by atoms with van der Waals surface area (Å²) >= 11 is 8.45. The minimum absolute atomic E-state index is 0.323. The molecule has 0 amide bonds. The number of aromatic nitrogens is 2. The molecule has 0 aliphatic heterocycles. The summed E-state index contributed by atoms with van der Waals surface area (Å²) in [6.07, 6.45) is 0. The van der Waals surface area contributed by atoms with Crippen LogP contribution in [0, 0.1) is 5.82 Å². The van der Waals surface area contributed by atoms with E-state index in [1.807, 2.05) is 0 Å². The van der Waals surface area contributed by atoms with Crippen LogP contribution in [0.2, 0.25) is 0 Å². The van der Waals surface area contributed by atoms with Crippen LogP contribution in [0.5, 0.6) is 0 Å². The van der Waals surface area contributed by atoms with E-state index < -0.39 is 0 Å². The standard InChI is InChI=1S/C11H9ClFN3S2/c1-7(12)6-17-11-16-15-10(18-11)14-9-5-3-2-4-8(9)13/h2-5H,1,6H2,(H,14,15). The minimum Gasteiger partial charge on any atom is -0.328 e. The molecule has 1 aromatic heterocycles. The second-order valence-electron chi connectivity index (χ2n) is 3.28. The maximum Gasteiger partial charge on any atom is 0.210 e. The van der Waals surface area contributed by atoms with Crippen molar-refractivity contribution in [3.8, 4) is 0 Å². The molecule has 0 unspecified atom stereocenters. The Labute approximate surface area is 117 Å². The Morgan fingerprint density at radius 1 is 1.44 bits per heavy atom. The second kappa shape index (κ2) is 6.17. The Morgan fingerprint density at radius 3 is 2.94 bits per heavy atom. The van der Waals surface area contributed by atoms with Crippen LogP contribution in [-0.2, 0) is 0 Å². The highest BCUT2D eigenvalue weighted by Crippen LogP contribution is 2.29. The predicted molar refractivity (Wildman–Crippen MR) is 75.3 cm³/mol. The van der Waals surface area contributed by atoms with Gasteiger partial charge in [0.2, 0.25) is 5.13 Å². The Balaban J connectivity index is 2.02.